The van der Waals surface area contributed by atoms with Crippen LogP contribution >= 0.6 is 0 Å². The average molecular weight is 329 g/mol. The predicted molar refractivity (Wildman–Crippen MR) is 97.1 cm³/mol. The highest BCUT2D eigenvalue weighted by Gasteiger charge is 2.06. The molecule has 0 saturated heterocycles. The predicted octanol–water partition coefficient (Wildman–Crippen LogP) is 3.99. The van der Waals surface area contributed by atoms with Gasteiger partial charge in [-0.25, -0.2) is 0 Å². The highest BCUT2D eigenvalue weighted by atomic mass is 16.5. The lowest BCUT2D eigenvalue weighted by Crippen LogP contribution is -2.19. The summed E-state index contributed by atoms with van der Waals surface area (Å²) in [6.07, 6.45) is 2.15. The first-order valence-electron chi connectivity index (χ1n) is 8.30. The quantitative estimate of drug-likeness (QED) is 0.617. The van der Waals surface area contributed by atoms with Crippen molar-refractivity contribution in [3.8, 4) is 17.2 Å². The van der Waals surface area contributed by atoms with Gasteiger partial charge in [-0.15, -0.1) is 0 Å². The Kier molecular flexibility index (Phi) is 7.43. The highest BCUT2D eigenvalue weighted by molar-refractivity contribution is 5.42. The van der Waals surface area contributed by atoms with Gasteiger partial charge >= 0.3 is 0 Å². The molecule has 0 spiro atoms. The van der Waals surface area contributed by atoms with Gasteiger partial charge in [0.05, 0.1) is 20.8 Å². The molecule has 0 aliphatic heterocycles. The molecule has 0 aliphatic carbocycles. The summed E-state index contributed by atoms with van der Waals surface area (Å²) in [5, 5.41) is 0. The van der Waals surface area contributed by atoms with Crippen molar-refractivity contribution in [2.75, 3.05) is 34.4 Å². The molecule has 0 radical (unpaired) electrons. The molecule has 0 bridgehead atoms. The SMILES string of the molecule is COc1ccc(CN(C)CCCCOc2ccccc2)cc1OC. The van der Waals surface area contributed by atoms with Crippen LogP contribution in [0.25, 0.3) is 0 Å². The molecule has 24 heavy (non-hydrogen) atoms. The molecule has 0 aliphatic rings. The van der Waals surface area contributed by atoms with Gasteiger partial charge in [-0.3, -0.25) is 0 Å². The number of nitrogens with zero attached hydrogens (tertiary/aromatic N) is 1. The van der Waals surface area contributed by atoms with Crippen LogP contribution in [0.2, 0.25) is 0 Å². The second-order valence-electron chi connectivity index (χ2n) is 5.80. The number of hydrogen-bond donors (Lipinski definition) is 0. The molecule has 0 atom stereocenters. The third-order valence-corrected chi connectivity index (χ3v) is 3.85. The molecule has 130 valence electrons. The van der Waals surface area contributed by atoms with E-state index in [1.54, 1.807) is 14.2 Å². The fraction of sp³-hybridized carbons (Fsp3) is 0.400. The van der Waals surface area contributed by atoms with Crippen LogP contribution in [-0.2, 0) is 6.54 Å². The van der Waals surface area contributed by atoms with E-state index >= 15 is 0 Å². The van der Waals surface area contributed by atoms with Crippen molar-refractivity contribution in [1.29, 1.82) is 0 Å². The molecule has 0 amide bonds. The van der Waals surface area contributed by atoms with Gasteiger partial charge in [0.25, 0.3) is 0 Å². The van der Waals surface area contributed by atoms with E-state index in [-0.39, 0.29) is 0 Å². The van der Waals surface area contributed by atoms with Gasteiger partial charge in [-0.2, -0.15) is 0 Å². The number of methoxy groups -OCH3 is 2. The average Bonchev–Trinajstić information content (AvgIpc) is 2.62. The van der Waals surface area contributed by atoms with Crippen LogP contribution in [0.5, 0.6) is 17.2 Å². The monoisotopic (exact) mass is 329 g/mol. The fourth-order valence-electron chi connectivity index (χ4n) is 2.56. The van der Waals surface area contributed by atoms with Gasteiger partial charge in [0, 0.05) is 6.54 Å². The minimum Gasteiger partial charge on any atom is -0.494 e. The molecule has 2 rings (SSSR count). The zero-order valence-electron chi connectivity index (χ0n) is 14.8. The summed E-state index contributed by atoms with van der Waals surface area (Å²) >= 11 is 0. The maximum absolute atomic E-state index is 5.71. The van der Waals surface area contributed by atoms with Crippen LogP contribution in [0, 0.1) is 0 Å². The molecule has 0 N–H and O–H groups in total. The molecule has 0 aromatic heterocycles. The van der Waals surface area contributed by atoms with E-state index in [0.29, 0.717) is 0 Å². The summed E-state index contributed by atoms with van der Waals surface area (Å²) in [5.41, 5.74) is 1.22. The second-order valence-corrected chi connectivity index (χ2v) is 5.80. The Morgan fingerprint density at radius 3 is 2.33 bits per heavy atom. The topological polar surface area (TPSA) is 30.9 Å². The van der Waals surface area contributed by atoms with Gasteiger partial charge in [-0.05, 0) is 56.3 Å². The van der Waals surface area contributed by atoms with Gasteiger partial charge in [0.15, 0.2) is 11.5 Å². The van der Waals surface area contributed by atoms with E-state index in [0.717, 1.165) is 49.8 Å². The van der Waals surface area contributed by atoms with Gasteiger partial charge in [0.2, 0.25) is 0 Å². The minimum absolute atomic E-state index is 0.758. The number of hydrogen-bond acceptors (Lipinski definition) is 4. The molecular weight excluding hydrogens is 302 g/mol. The van der Waals surface area contributed by atoms with Gasteiger partial charge < -0.3 is 19.1 Å². The molecule has 4 nitrogen and oxygen atoms in total. The van der Waals surface area contributed by atoms with E-state index in [9.17, 15) is 0 Å². The van der Waals surface area contributed by atoms with Crippen molar-refractivity contribution < 1.29 is 14.2 Å². The highest BCUT2D eigenvalue weighted by Crippen LogP contribution is 2.27. The lowest BCUT2D eigenvalue weighted by atomic mass is 10.2. The van der Waals surface area contributed by atoms with Crippen molar-refractivity contribution in [3.05, 3.63) is 54.1 Å². The summed E-state index contributed by atoms with van der Waals surface area (Å²) in [5.74, 6) is 2.48. The van der Waals surface area contributed by atoms with Crippen LogP contribution in [0.15, 0.2) is 48.5 Å². The van der Waals surface area contributed by atoms with Gasteiger partial charge in [-0.1, -0.05) is 24.3 Å². The molecule has 0 saturated carbocycles. The largest absolute Gasteiger partial charge is 0.494 e. The lowest BCUT2D eigenvalue weighted by Gasteiger charge is -2.18. The van der Waals surface area contributed by atoms with E-state index in [2.05, 4.69) is 18.0 Å². The Morgan fingerprint density at radius 2 is 1.62 bits per heavy atom. The Labute approximate surface area is 145 Å². The first-order valence-corrected chi connectivity index (χ1v) is 8.30. The van der Waals surface area contributed by atoms with Crippen LogP contribution in [0.1, 0.15) is 18.4 Å². The third kappa shape index (κ3) is 5.78. The van der Waals surface area contributed by atoms with Crippen LogP contribution in [0.4, 0.5) is 0 Å². The minimum atomic E-state index is 0.758. The number of unbranched alkanes of at least 4 members (excludes halogenated alkanes) is 1. The summed E-state index contributed by atoms with van der Waals surface area (Å²) in [4.78, 5) is 2.31. The summed E-state index contributed by atoms with van der Waals surface area (Å²) in [6, 6.07) is 16.0. The van der Waals surface area contributed by atoms with Crippen molar-refractivity contribution in [1.82, 2.24) is 4.90 Å². The molecule has 0 fully saturated rings. The Balaban J connectivity index is 1.68. The van der Waals surface area contributed by atoms with Crippen molar-refractivity contribution in [3.63, 3.8) is 0 Å². The molecule has 4 heteroatoms. The normalized spacial score (nSPS) is 10.7. The Hall–Kier alpha value is -2.20. The lowest BCUT2D eigenvalue weighted by molar-refractivity contribution is 0.275. The smallest absolute Gasteiger partial charge is 0.161 e. The Bertz CT molecular complexity index is 601. The zero-order chi connectivity index (χ0) is 17.2. The molecule has 2 aromatic rings. The Morgan fingerprint density at radius 1 is 0.875 bits per heavy atom. The maximum Gasteiger partial charge on any atom is 0.161 e. The van der Waals surface area contributed by atoms with E-state index in [1.807, 2.05) is 42.5 Å². The van der Waals surface area contributed by atoms with E-state index in [4.69, 9.17) is 14.2 Å². The van der Waals surface area contributed by atoms with E-state index < -0.39 is 0 Å². The molecule has 2 aromatic carbocycles. The third-order valence-electron chi connectivity index (χ3n) is 3.85. The standard InChI is InChI=1S/C20H27NO3/c1-21(13-7-8-14-24-18-9-5-4-6-10-18)16-17-11-12-19(22-2)20(15-17)23-3/h4-6,9-12,15H,7-8,13-14,16H2,1-3H3. The van der Waals surface area contributed by atoms with Crippen molar-refractivity contribution in [2.24, 2.45) is 0 Å². The number of benzene rings is 2. The van der Waals surface area contributed by atoms with Crippen molar-refractivity contribution >= 4 is 0 Å². The molecule has 0 unspecified atom stereocenters. The summed E-state index contributed by atoms with van der Waals surface area (Å²) in [6.45, 7) is 2.68. The number of para-hydroxylation sites is 1. The van der Waals surface area contributed by atoms with E-state index in [1.165, 1.54) is 5.56 Å². The molecule has 0 heterocycles. The number of rotatable bonds is 10. The second kappa shape index (κ2) is 9.83. The van der Waals surface area contributed by atoms with Gasteiger partial charge in [0.1, 0.15) is 5.75 Å². The zero-order valence-corrected chi connectivity index (χ0v) is 14.8. The maximum atomic E-state index is 5.71. The summed E-state index contributed by atoms with van der Waals surface area (Å²) in [7, 11) is 5.45. The van der Waals surface area contributed by atoms with Crippen LogP contribution < -0.4 is 14.2 Å². The summed E-state index contributed by atoms with van der Waals surface area (Å²) < 4.78 is 16.3. The van der Waals surface area contributed by atoms with Crippen molar-refractivity contribution in [2.45, 2.75) is 19.4 Å². The van der Waals surface area contributed by atoms with Crippen LogP contribution in [0.3, 0.4) is 0 Å². The van der Waals surface area contributed by atoms with Crippen LogP contribution in [-0.4, -0.2) is 39.3 Å². The fourth-order valence-corrected chi connectivity index (χ4v) is 2.56. The first-order chi connectivity index (χ1) is 11.7. The molecular formula is C20H27NO3. The first kappa shape index (κ1) is 18.1. The number of ether oxygens (including phenoxy) is 3.